The molecule has 0 radical (unpaired) electrons. The van der Waals surface area contributed by atoms with Gasteiger partial charge in [0.05, 0.1) is 5.69 Å². The molecule has 180 valence electrons. The van der Waals surface area contributed by atoms with E-state index in [9.17, 15) is 19.2 Å². The van der Waals surface area contributed by atoms with Gasteiger partial charge in [0.2, 0.25) is 0 Å². The third-order valence-corrected chi connectivity index (χ3v) is 5.77. The summed E-state index contributed by atoms with van der Waals surface area (Å²) in [6.45, 7) is 5.92. The third kappa shape index (κ3) is 5.90. The maximum atomic E-state index is 13.8. The highest BCUT2D eigenvalue weighted by Crippen LogP contribution is 2.29. The Morgan fingerprint density at radius 3 is 1.86 bits per heavy atom. The molecule has 0 saturated heterocycles. The summed E-state index contributed by atoms with van der Waals surface area (Å²) in [6, 6.07) is 20.3. The van der Waals surface area contributed by atoms with E-state index >= 15 is 0 Å². The predicted molar refractivity (Wildman–Crippen MR) is 137 cm³/mol. The maximum Gasteiger partial charge on any atom is 0.300 e. The van der Waals surface area contributed by atoms with Crippen molar-refractivity contribution in [3.8, 4) is 0 Å². The van der Waals surface area contributed by atoms with Gasteiger partial charge >= 0.3 is 5.91 Å². The van der Waals surface area contributed by atoms with Crippen molar-refractivity contribution in [1.82, 2.24) is 5.32 Å². The van der Waals surface area contributed by atoms with Crippen LogP contribution in [0.3, 0.4) is 0 Å². The first-order valence-electron chi connectivity index (χ1n) is 11.7. The van der Waals surface area contributed by atoms with Crippen LogP contribution >= 0.6 is 0 Å². The molecule has 0 saturated carbocycles. The Bertz CT molecular complexity index is 1190. The van der Waals surface area contributed by atoms with Crippen molar-refractivity contribution in [3.05, 3.63) is 101 Å². The molecule has 3 aromatic rings. The second-order valence-electron chi connectivity index (χ2n) is 8.39. The Morgan fingerprint density at radius 2 is 1.31 bits per heavy atom. The zero-order valence-corrected chi connectivity index (χ0v) is 20.3. The summed E-state index contributed by atoms with van der Waals surface area (Å²) in [7, 11) is 0. The van der Waals surface area contributed by atoms with Gasteiger partial charge in [-0.25, -0.2) is 0 Å². The predicted octanol–water partition coefficient (Wildman–Crippen LogP) is 4.69. The lowest BCUT2D eigenvalue weighted by Crippen LogP contribution is -2.56. The Balaban J connectivity index is 2.18. The molecule has 35 heavy (non-hydrogen) atoms. The molecular formula is C29H30N2O4. The fourth-order valence-electron chi connectivity index (χ4n) is 3.95. The van der Waals surface area contributed by atoms with Crippen LogP contribution in [-0.4, -0.2) is 36.0 Å². The van der Waals surface area contributed by atoms with Crippen LogP contribution in [0.15, 0.2) is 78.9 Å². The molecule has 1 N–H and O–H groups in total. The number of hydrogen-bond donors (Lipinski definition) is 1. The zero-order chi connectivity index (χ0) is 25.4. The van der Waals surface area contributed by atoms with Gasteiger partial charge in [0, 0.05) is 17.7 Å². The lowest BCUT2D eigenvalue weighted by Gasteiger charge is -2.32. The number of hydrogen-bond acceptors (Lipinski definition) is 4. The van der Waals surface area contributed by atoms with Crippen LogP contribution in [0, 0.1) is 13.8 Å². The molecule has 1 atom stereocenters. The Morgan fingerprint density at radius 1 is 0.771 bits per heavy atom. The van der Waals surface area contributed by atoms with E-state index in [-0.39, 0.29) is 11.1 Å². The second kappa shape index (κ2) is 11.9. The molecule has 0 fully saturated rings. The lowest BCUT2D eigenvalue weighted by atomic mass is 9.97. The Labute approximate surface area is 206 Å². The normalized spacial score (nSPS) is 11.4. The summed E-state index contributed by atoms with van der Waals surface area (Å²) in [5.41, 5.74) is 2.19. The van der Waals surface area contributed by atoms with Crippen molar-refractivity contribution in [2.24, 2.45) is 0 Å². The SMILES string of the molecule is CCCCNC(=O)C(C(=O)c1ccccc1)N(C(=O)C(=O)c1ccccc1)c1c(C)cccc1C. The highest BCUT2D eigenvalue weighted by Gasteiger charge is 2.41. The molecule has 0 spiro atoms. The van der Waals surface area contributed by atoms with E-state index < -0.39 is 29.4 Å². The van der Waals surface area contributed by atoms with Gasteiger partial charge in [-0.15, -0.1) is 0 Å². The van der Waals surface area contributed by atoms with Gasteiger partial charge in [0.1, 0.15) is 0 Å². The van der Waals surface area contributed by atoms with Crippen LogP contribution < -0.4 is 10.2 Å². The smallest absolute Gasteiger partial charge is 0.300 e. The van der Waals surface area contributed by atoms with Crippen LogP contribution in [0.4, 0.5) is 5.69 Å². The van der Waals surface area contributed by atoms with Crippen molar-refractivity contribution in [1.29, 1.82) is 0 Å². The lowest BCUT2D eigenvalue weighted by molar-refractivity contribution is -0.124. The molecule has 3 aromatic carbocycles. The minimum atomic E-state index is -1.55. The van der Waals surface area contributed by atoms with Crippen LogP contribution in [0.5, 0.6) is 0 Å². The van der Waals surface area contributed by atoms with E-state index in [1.54, 1.807) is 86.6 Å². The van der Waals surface area contributed by atoms with Gasteiger partial charge in [-0.3, -0.25) is 24.1 Å². The topological polar surface area (TPSA) is 83.6 Å². The molecular weight excluding hydrogens is 440 g/mol. The number of ketones is 2. The first kappa shape index (κ1) is 25.6. The van der Waals surface area contributed by atoms with Crippen molar-refractivity contribution in [3.63, 3.8) is 0 Å². The quantitative estimate of drug-likeness (QED) is 0.202. The van der Waals surface area contributed by atoms with Crippen LogP contribution in [-0.2, 0) is 9.59 Å². The summed E-state index contributed by atoms with van der Waals surface area (Å²) in [5.74, 6) is -2.91. The largest absolute Gasteiger partial charge is 0.354 e. The summed E-state index contributed by atoms with van der Waals surface area (Å²) in [6.07, 6.45) is 1.57. The van der Waals surface area contributed by atoms with Crippen molar-refractivity contribution in [2.75, 3.05) is 11.4 Å². The molecule has 0 bridgehead atoms. The van der Waals surface area contributed by atoms with Crippen LogP contribution in [0.1, 0.15) is 51.6 Å². The van der Waals surface area contributed by atoms with Gasteiger partial charge in [-0.2, -0.15) is 0 Å². The minimum Gasteiger partial charge on any atom is -0.354 e. The summed E-state index contributed by atoms with van der Waals surface area (Å²) in [4.78, 5) is 55.4. The number of anilines is 1. The first-order valence-corrected chi connectivity index (χ1v) is 11.7. The average molecular weight is 471 g/mol. The van der Waals surface area contributed by atoms with Crippen molar-refractivity contribution < 1.29 is 19.2 Å². The number of Topliss-reactive ketones (excluding diaryl/α,β-unsaturated/α-hetero) is 2. The number of nitrogens with zero attached hydrogens (tertiary/aromatic N) is 1. The second-order valence-corrected chi connectivity index (χ2v) is 8.39. The minimum absolute atomic E-state index is 0.186. The fourth-order valence-corrected chi connectivity index (χ4v) is 3.95. The van der Waals surface area contributed by atoms with E-state index in [0.29, 0.717) is 23.4 Å². The van der Waals surface area contributed by atoms with Gasteiger partial charge < -0.3 is 5.32 Å². The Hall–Kier alpha value is -4.06. The monoisotopic (exact) mass is 470 g/mol. The molecule has 0 heterocycles. The molecule has 0 aromatic heterocycles. The number of amides is 2. The van der Waals surface area contributed by atoms with E-state index in [0.717, 1.165) is 17.7 Å². The molecule has 0 aliphatic carbocycles. The summed E-state index contributed by atoms with van der Waals surface area (Å²) < 4.78 is 0. The number of rotatable bonds is 10. The van der Waals surface area contributed by atoms with Gasteiger partial charge in [-0.05, 0) is 31.4 Å². The third-order valence-electron chi connectivity index (χ3n) is 5.77. The maximum absolute atomic E-state index is 13.8. The first-order chi connectivity index (χ1) is 16.9. The highest BCUT2D eigenvalue weighted by molar-refractivity contribution is 6.48. The van der Waals surface area contributed by atoms with Crippen LogP contribution in [0.25, 0.3) is 0 Å². The van der Waals surface area contributed by atoms with E-state index in [4.69, 9.17) is 0 Å². The number of carbonyl (C=O) groups is 4. The highest BCUT2D eigenvalue weighted by atomic mass is 16.2. The van der Waals surface area contributed by atoms with Gasteiger partial charge in [-0.1, -0.05) is 92.2 Å². The molecule has 1 unspecified atom stereocenters. The van der Waals surface area contributed by atoms with Gasteiger partial charge in [0.25, 0.3) is 11.7 Å². The number of para-hydroxylation sites is 1. The van der Waals surface area contributed by atoms with Gasteiger partial charge in [0.15, 0.2) is 11.8 Å². The number of benzene rings is 3. The molecule has 6 heteroatoms. The molecule has 0 aliphatic heterocycles. The fraction of sp³-hybridized carbons (Fsp3) is 0.241. The number of carbonyl (C=O) groups excluding carboxylic acids is 4. The average Bonchev–Trinajstić information content (AvgIpc) is 2.88. The van der Waals surface area contributed by atoms with Crippen molar-refractivity contribution >= 4 is 29.1 Å². The van der Waals surface area contributed by atoms with Crippen molar-refractivity contribution in [2.45, 2.75) is 39.7 Å². The van der Waals surface area contributed by atoms with E-state index in [2.05, 4.69) is 5.32 Å². The molecule has 0 aliphatic rings. The zero-order valence-electron chi connectivity index (χ0n) is 20.3. The van der Waals surface area contributed by atoms with E-state index in [1.165, 1.54) is 0 Å². The standard InChI is InChI=1S/C29H30N2O4/c1-4-5-19-30-28(34)25(26(32)22-15-8-6-9-16-22)31(24-20(2)13-12-14-21(24)3)29(35)27(33)23-17-10-7-11-18-23/h6-18,25H,4-5,19H2,1-3H3,(H,30,34). The number of unbranched alkanes of at least 4 members (excludes halogenated alkanes) is 1. The molecule has 6 nitrogen and oxygen atoms in total. The Kier molecular flexibility index (Phi) is 8.68. The summed E-state index contributed by atoms with van der Waals surface area (Å²) >= 11 is 0. The number of aryl methyl sites for hydroxylation is 2. The summed E-state index contributed by atoms with van der Waals surface area (Å²) in [5, 5.41) is 2.79. The number of nitrogens with one attached hydrogen (secondary N) is 1. The molecule has 3 rings (SSSR count). The van der Waals surface area contributed by atoms with E-state index in [1.807, 2.05) is 13.0 Å². The van der Waals surface area contributed by atoms with Crippen LogP contribution in [0.2, 0.25) is 0 Å². The molecule has 2 amide bonds.